The van der Waals surface area contributed by atoms with Crippen LogP contribution in [0.4, 0.5) is 0 Å². The number of nitrogens with one attached hydrogen (secondary N) is 1. The highest BCUT2D eigenvalue weighted by Gasteiger charge is 2.35. The number of hydrogen-bond acceptors (Lipinski definition) is 8. The molecule has 0 unspecified atom stereocenters. The minimum Gasteiger partial charge on any atom is -0.471 e. The Hall–Kier alpha value is -3.30. The maximum Gasteiger partial charge on any atom is 0.256 e. The first-order chi connectivity index (χ1) is 16.1. The first-order valence-corrected chi connectivity index (χ1v) is 11.0. The van der Waals surface area contributed by atoms with Crippen LogP contribution in [-0.2, 0) is 16.1 Å². The van der Waals surface area contributed by atoms with Crippen molar-refractivity contribution in [2.24, 2.45) is 5.73 Å². The van der Waals surface area contributed by atoms with Crippen molar-refractivity contribution in [3.8, 4) is 5.88 Å². The molecule has 1 fully saturated rings. The lowest BCUT2D eigenvalue weighted by atomic mass is 9.91. The van der Waals surface area contributed by atoms with Crippen LogP contribution in [0.15, 0.2) is 41.1 Å². The molecule has 178 valence electrons. The standard InChI is InChI=1S/C21H21N3O5.C2H6.CH5N/c1-14-19(20(26)24-21(13-25)5-8-27-9-6-21)16-10-18(23-11-17(16)29-14)28-12-15-4-2-3-7-22-15;2*1-2/h2-4,7,10-11,13H,5-6,8-9,12H2,1H3,(H,24,26);1-2H3;2H2,1H3. The van der Waals surface area contributed by atoms with Gasteiger partial charge in [0.05, 0.1) is 17.5 Å². The molecular weight excluding hydrogens is 424 g/mol. The van der Waals surface area contributed by atoms with Gasteiger partial charge < -0.3 is 29.7 Å². The van der Waals surface area contributed by atoms with Gasteiger partial charge in [-0.05, 0) is 26.1 Å². The highest BCUT2D eigenvalue weighted by molar-refractivity contribution is 6.08. The molecule has 3 N–H and O–H groups in total. The van der Waals surface area contributed by atoms with Gasteiger partial charge >= 0.3 is 0 Å². The molecule has 1 amide bonds. The van der Waals surface area contributed by atoms with Crippen LogP contribution in [0, 0.1) is 6.92 Å². The number of nitrogens with two attached hydrogens (primary N) is 1. The number of ether oxygens (including phenoxy) is 2. The van der Waals surface area contributed by atoms with Crippen LogP contribution >= 0.6 is 0 Å². The van der Waals surface area contributed by atoms with Gasteiger partial charge in [0, 0.05) is 43.7 Å². The van der Waals surface area contributed by atoms with E-state index in [0.29, 0.717) is 54.2 Å². The maximum atomic E-state index is 13.0. The molecule has 0 saturated carbocycles. The predicted octanol–water partition coefficient (Wildman–Crippen LogP) is 3.19. The van der Waals surface area contributed by atoms with Crippen molar-refractivity contribution < 1.29 is 23.5 Å². The number of carbonyl (C=O) groups excluding carboxylic acids is 2. The summed E-state index contributed by atoms with van der Waals surface area (Å²) < 4.78 is 16.7. The Labute approximate surface area is 193 Å². The van der Waals surface area contributed by atoms with Crippen LogP contribution in [0.3, 0.4) is 0 Å². The van der Waals surface area contributed by atoms with E-state index in [2.05, 4.69) is 21.0 Å². The lowest BCUT2D eigenvalue weighted by molar-refractivity contribution is -0.116. The van der Waals surface area contributed by atoms with Crippen molar-refractivity contribution >= 4 is 23.2 Å². The summed E-state index contributed by atoms with van der Waals surface area (Å²) in [5.41, 5.74) is 5.20. The quantitative estimate of drug-likeness (QED) is 0.541. The number of nitrogens with zero attached hydrogens (tertiary/aromatic N) is 2. The molecule has 4 heterocycles. The number of rotatable bonds is 6. The third-order valence-corrected chi connectivity index (χ3v) is 5.02. The fourth-order valence-electron chi connectivity index (χ4n) is 3.40. The van der Waals surface area contributed by atoms with Crippen LogP contribution in [0.1, 0.15) is 48.5 Å². The second-order valence-corrected chi connectivity index (χ2v) is 7.00. The summed E-state index contributed by atoms with van der Waals surface area (Å²) in [6, 6.07) is 7.23. The van der Waals surface area contributed by atoms with Crippen LogP contribution in [0.2, 0.25) is 0 Å². The minimum atomic E-state index is -0.920. The van der Waals surface area contributed by atoms with Gasteiger partial charge in [0.2, 0.25) is 5.88 Å². The van der Waals surface area contributed by atoms with Gasteiger partial charge in [-0.2, -0.15) is 0 Å². The average molecular weight is 457 g/mol. The lowest BCUT2D eigenvalue weighted by Gasteiger charge is -2.32. The fraction of sp³-hybridized carbons (Fsp3) is 0.417. The van der Waals surface area contributed by atoms with Crippen molar-refractivity contribution in [3.05, 3.63) is 53.7 Å². The zero-order valence-corrected chi connectivity index (χ0v) is 19.6. The Morgan fingerprint density at radius 3 is 2.61 bits per heavy atom. The molecule has 0 radical (unpaired) electrons. The molecular formula is C24H32N4O5. The van der Waals surface area contributed by atoms with Gasteiger partial charge in [-0.1, -0.05) is 19.9 Å². The summed E-state index contributed by atoms with van der Waals surface area (Å²) in [7, 11) is 1.50. The number of carbonyl (C=O) groups is 2. The van der Waals surface area contributed by atoms with Crippen LogP contribution in [0.25, 0.3) is 11.0 Å². The Morgan fingerprint density at radius 2 is 1.97 bits per heavy atom. The van der Waals surface area contributed by atoms with E-state index in [1.165, 1.54) is 13.2 Å². The maximum absolute atomic E-state index is 13.0. The van der Waals surface area contributed by atoms with E-state index in [1.807, 2.05) is 32.0 Å². The summed E-state index contributed by atoms with van der Waals surface area (Å²) in [4.78, 5) is 33.1. The number of aromatic nitrogens is 2. The van der Waals surface area contributed by atoms with E-state index in [9.17, 15) is 9.59 Å². The van der Waals surface area contributed by atoms with E-state index in [1.54, 1.807) is 19.2 Å². The number of furan rings is 1. The number of pyridine rings is 2. The molecule has 4 rings (SSSR count). The zero-order chi connectivity index (χ0) is 24.3. The SMILES string of the molecule is CC.CN.Cc1oc2cnc(OCc3ccccn3)cc2c1C(=O)NC1(C=O)CCOCC1. The summed E-state index contributed by atoms with van der Waals surface area (Å²) in [5, 5.41) is 3.46. The van der Waals surface area contributed by atoms with E-state index in [0.717, 1.165) is 12.0 Å². The Balaban J connectivity index is 0.000000914. The molecule has 1 aliphatic heterocycles. The van der Waals surface area contributed by atoms with Gasteiger partial charge in [-0.15, -0.1) is 0 Å². The molecule has 1 aliphatic rings. The molecule has 9 heteroatoms. The molecule has 0 aliphatic carbocycles. The first-order valence-electron chi connectivity index (χ1n) is 11.0. The summed E-state index contributed by atoms with van der Waals surface area (Å²) >= 11 is 0. The number of amides is 1. The Morgan fingerprint density at radius 1 is 1.24 bits per heavy atom. The van der Waals surface area contributed by atoms with Gasteiger partial charge in [-0.25, -0.2) is 4.98 Å². The molecule has 0 aromatic carbocycles. The molecule has 3 aromatic rings. The summed E-state index contributed by atoms with van der Waals surface area (Å²) in [6.45, 7) is 6.83. The highest BCUT2D eigenvalue weighted by Crippen LogP contribution is 2.29. The molecule has 0 atom stereocenters. The van der Waals surface area contributed by atoms with Crippen molar-refractivity contribution in [2.75, 3.05) is 20.3 Å². The van der Waals surface area contributed by atoms with Crippen molar-refractivity contribution in [1.29, 1.82) is 0 Å². The third-order valence-electron chi connectivity index (χ3n) is 5.02. The number of hydrogen-bond donors (Lipinski definition) is 2. The van der Waals surface area contributed by atoms with Gasteiger partial charge in [0.1, 0.15) is 24.2 Å². The predicted molar refractivity (Wildman–Crippen MR) is 125 cm³/mol. The summed E-state index contributed by atoms with van der Waals surface area (Å²) in [5.74, 6) is 0.445. The normalized spacial score (nSPS) is 14.2. The molecule has 3 aromatic heterocycles. The smallest absolute Gasteiger partial charge is 0.256 e. The molecule has 0 spiro atoms. The minimum absolute atomic E-state index is 0.256. The van der Waals surface area contributed by atoms with Gasteiger partial charge in [-0.3, -0.25) is 9.78 Å². The van der Waals surface area contributed by atoms with E-state index in [-0.39, 0.29) is 12.5 Å². The second kappa shape index (κ2) is 12.7. The Kier molecular flexibility index (Phi) is 9.96. The molecule has 9 nitrogen and oxygen atoms in total. The highest BCUT2D eigenvalue weighted by atomic mass is 16.5. The van der Waals surface area contributed by atoms with E-state index in [4.69, 9.17) is 13.9 Å². The van der Waals surface area contributed by atoms with Crippen molar-refractivity contribution in [3.63, 3.8) is 0 Å². The average Bonchev–Trinajstić information content (AvgIpc) is 3.21. The van der Waals surface area contributed by atoms with E-state index >= 15 is 0 Å². The van der Waals surface area contributed by atoms with Crippen LogP contribution in [0.5, 0.6) is 5.88 Å². The fourth-order valence-corrected chi connectivity index (χ4v) is 3.40. The van der Waals surface area contributed by atoms with Gasteiger partial charge in [0.25, 0.3) is 5.91 Å². The number of aryl methyl sites for hydroxylation is 1. The first kappa shape index (κ1) is 26.0. The third kappa shape index (κ3) is 6.36. The lowest BCUT2D eigenvalue weighted by Crippen LogP contribution is -2.53. The topological polar surface area (TPSA) is 130 Å². The van der Waals surface area contributed by atoms with Crippen molar-refractivity contribution in [2.45, 2.75) is 45.8 Å². The monoisotopic (exact) mass is 456 g/mol. The van der Waals surface area contributed by atoms with Crippen molar-refractivity contribution in [1.82, 2.24) is 15.3 Å². The molecule has 0 bridgehead atoms. The number of aldehydes is 1. The second-order valence-electron chi connectivity index (χ2n) is 7.00. The summed E-state index contributed by atoms with van der Waals surface area (Å²) in [6.07, 6.45) is 4.90. The molecule has 1 saturated heterocycles. The molecule has 33 heavy (non-hydrogen) atoms. The van der Waals surface area contributed by atoms with Crippen LogP contribution < -0.4 is 15.8 Å². The zero-order valence-electron chi connectivity index (χ0n) is 19.6. The largest absolute Gasteiger partial charge is 0.471 e. The van der Waals surface area contributed by atoms with Crippen LogP contribution in [-0.4, -0.2) is 48.0 Å². The Bertz CT molecular complexity index is 1030. The van der Waals surface area contributed by atoms with E-state index < -0.39 is 5.54 Å². The number of fused-ring (bicyclic) bond motifs is 1. The van der Waals surface area contributed by atoms with Gasteiger partial charge in [0.15, 0.2) is 5.58 Å².